The molecule has 0 radical (unpaired) electrons. The number of rotatable bonds is 5. The average Bonchev–Trinajstić information content (AvgIpc) is 2.28. The van der Waals surface area contributed by atoms with Crippen LogP contribution in [0.3, 0.4) is 0 Å². The number of hydrogen-bond acceptors (Lipinski definition) is 3. The molecule has 1 aromatic carbocycles. The molecule has 0 spiro atoms. The molecule has 1 aromatic rings. The Kier molecular flexibility index (Phi) is 4.83. The molecule has 0 aromatic heterocycles. The lowest BCUT2D eigenvalue weighted by molar-refractivity contribution is -0.385. The number of carbonyl (C=O) groups is 1. The number of benzene rings is 1. The van der Waals surface area contributed by atoms with E-state index in [1.54, 1.807) is 13.0 Å². The summed E-state index contributed by atoms with van der Waals surface area (Å²) < 4.78 is 0. The first-order valence-electron chi connectivity index (χ1n) is 5.95. The molecule has 0 saturated heterocycles. The second-order valence-corrected chi connectivity index (χ2v) is 4.65. The van der Waals surface area contributed by atoms with Crippen LogP contribution in [-0.4, -0.2) is 17.4 Å². The van der Waals surface area contributed by atoms with Crippen LogP contribution in [0.15, 0.2) is 18.2 Å². The Bertz CT molecular complexity index is 456. The topological polar surface area (TPSA) is 72.2 Å². The van der Waals surface area contributed by atoms with Crippen LogP contribution in [0.5, 0.6) is 0 Å². The normalized spacial score (nSPS) is 10.4. The van der Waals surface area contributed by atoms with Gasteiger partial charge in [-0.15, -0.1) is 0 Å². The van der Waals surface area contributed by atoms with Gasteiger partial charge in [-0.1, -0.05) is 19.9 Å². The van der Waals surface area contributed by atoms with Crippen molar-refractivity contribution in [1.29, 1.82) is 0 Å². The molecule has 0 atom stereocenters. The van der Waals surface area contributed by atoms with Gasteiger partial charge in [0.1, 0.15) is 0 Å². The van der Waals surface area contributed by atoms with Gasteiger partial charge in [0.25, 0.3) is 11.6 Å². The Labute approximate surface area is 106 Å². The maximum absolute atomic E-state index is 11.9. The Morgan fingerprint density at radius 1 is 1.44 bits per heavy atom. The highest BCUT2D eigenvalue weighted by Crippen LogP contribution is 2.20. The molecule has 0 unspecified atom stereocenters. The first-order chi connectivity index (χ1) is 8.43. The summed E-state index contributed by atoms with van der Waals surface area (Å²) in [5.74, 6) is 0.258. The second-order valence-electron chi connectivity index (χ2n) is 4.65. The van der Waals surface area contributed by atoms with Crippen LogP contribution in [0.2, 0.25) is 0 Å². The van der Waals surface area contributed by atoms with Crippen molar-refractivity contribution in [2.45, 2.75) is 27.2 Å². The van der Waals surface area contributed by atoms with Gasteiger partial charge in [0.05, 0.1) is 4.92 Å². The molecule has 5 nitrogen and oxygen atoms in total. The fourth-order valence-electron chi connectivity index (χ4n) is 1.64. The van der Waals surface area contributed by atoms with E-state index in [9.17, 15) is 14.9 Å². The Balaban J connectivity index is 2.80. The molecule has 5 heteroatoms. The molecule has 18 heavy (non-hydrogen) atoms. The molecule has 0 bridgehead atoms. The third-order valence-corrected chi connectivity index (χ3v) is 2.75. The number of amides is 1. The van der Waals surface area contributed by atoms with E-state index < -0.39 is 4.92 Å². The van der Waals surface area contributed by atoms with Crippen LogP contribution in [0.4, 0.5) is 5.69 Å². The summed E-state index contributed by atoms with van der Waals surface area (Å²) in [4.78, 5) is 22.2. The van der Waals surface area contributed by atoms with E-state index in [1.807, 2.05) is 0 Å². The maximum Gasteiger partial charge on any atom is 0.273 e. The van der Waals surface area contributed by atoms with Crippen LogP contribution >= 0.6 is 0 Å². The Morgan fingerprint density at radius 3 is 2.67 bits per heavy atom. The van der Waals surface area contributed by atoms with Crippen molar-refractivity contribution in [3.8, 4) is 0 Å². The zero-order chi connectivity index (χ0) is 13.7. The van der Waals surface area contributed by atoms with Crippen LogP contribution in [0.25, 0.3) is 0 Å². The van der Waals surface area contributed by atoms with Crippen molar-refractivity contribution in [3.05, 3.63) is 39.4 Å². The molecule has 0 fully saturated rings. The molecule has 0 heterocycles. The van der Waals surface area contributed by atoms with Gasteiger partial charge in [0.2, 0.25) is 0 Å². The molecule has 0 aliphatic carbocycles. The van der Waals surface area contributed by atoms with Crippen molar-refractivity contribution in [3.63, 3.8) is 0 Å². The first kappa shape index (κ1) is 14.2. The van der Waals surface area contributed by atoms with E-state index in [0.29, 0.717) is 23.6 Å². The number of hydrogen-bond donors (Lipinski definition) is 1. The highest BCUT2D eigenvalue weighted by molar-refractivity contribution is 5.96. The monoisotopic (exact) mass is 250 g/mol. The highest BCUT2D eigenvalue weighted by atomic mass is 16.6. The molecule has 1 rings (SSSR count). The molecule has 98 valence electrons. The maximum atomic E-state index is 11.9. The fraction of sp³-hybridized carbons (Fsp3) is 0.462. The number of carbonyl (C=O) groups excluding carboxylic acids is 1. The summed E-state index contributed by atoms with van der Waals surface area (Å²) in [5.41, 5.74) is 0.754. The number of nitro benzene ring substituents is 1. The lowest BCUT2D eigenvalue weighted by atomic mass is 10.1. The largest absolute Gasteiger partial charge is 0.352 e. The van der Waals surface area contributed by atoms with Crippen molar-refractivity contribution < 1.29 is 9.72 Å². The SMILES string of the molecule is Cc1c(C(=O)NCCC(C)C)cccc1[N+](=O)[O-]. The lowest BCUT2D eigenvalue weighted by Gasteiger charge is -2.09. The fourth-order valence-corrected chi connectivity index (χ4v) is 1.64. The van der Waals surface area contributed by atoms with Gasteiger partial charge < -0.3 is 5.32 Å². The minimum absolute atomic E-state index is 0.0218. The minimum atomic E-state index is -0.472. The van der Waals surface area contributed by atoms with E-state index in [-0.39, 0.29) is 11.6 Å². The zero-order valence-electron chi connectivity index (χ0n) is 10.9. The number of nitrogens with zero attached hydrogens (tertiary/aromatic N) is 1. The average molecular weight is 250 g/mol. The summed E-state index contributed by atoms with van der Waals surface area (Å²) in [6.07, 6.45) is 0.889. The van der Waals surface area contributed by atoms with Crippen LogP contribution in [0, 0.1) is 23.0 Å². The van der Waals surface area contributed by atoms with E-state index in [2.05, 4.69) is 19.2 Å². The van der Waals surface area contributed by atoms with Gasteiger partial charge >= 0.3 is 0 Å². The van der Waals surface area contributed by atoms with E-state index in [4.69, 9.17) is 0 Å². The predicted molar refractivity (Wildman–Crippen MR) is 69.6 cm³/mol. The van der Waals surface area contributed by atoms with Crippen molar-refractivity contribution in [1.82, 2.24) is 5.32 Å². The molecular formula is C13H18N2O3. The predicted octanol–water partition coefficient (Wildman–Crippen LogP) is 2.68. The summed E-state index contributed by atoms with van der Waals surface area (Å²) in [6.45, 7) is 6.32. The molecule has 0 aliphatic rings. The third-order valence-electron chi connectivity index (χ3n) is 2.75. The molecule has 1 amide bonds. The number of nitrogens with one attached hydrogen (secondary N) is 1. The summed E-state index contributed by atoms with van der Waals surface area (Å²) in [7, 11) is 0. The Morgan fingerprint density at radius 2 is 2.11 bits per heavy atom. The van der Waals surface area contributed by atoms with Gasteiger partial charge in [0.15, 0.2) is 0 Å². The molecular weight excluding hydrogens is 232 g/mol. The number of nitro groups is 1. The smallest absolute Gasteiger partial charge is 0.273 e. The third kappa shape index (κ3) is 3.55. The van der Waals surface area contributed by atoms with Gasteiger partial charge in [-0.3, -0.25) is 14.9 Å². The summed E-state index contributed by atoms with van der Waals surface area (Å²) in [6, 6.07) is 4.54. The minimum Gasteiger partial charge on any atom is -0.352 e. The van der Waals surface area contributed by atoms with Crippen molar-refractivity contribution in [2.24, 2.45) is 5.92 Å². The molecule has 0 aliphatic heterocycles. The highest BCUT2D eigenvalue weighted by Gasteiger charge is 2.17. The second kappa shape index (κ2) is 6.14. The van der Waals surface area contributed by atoms with Gasteiger partial charge in [-0.25, -0.2) is 0 Å². The van der Waals surface area contributed by atoms with Gasteiger partial charge in [0, 0.05) is 23.7 Å². The molecule has 1 N–H and O–H groups in total. The zero-order valence-corrected chi connectivity index (χ0v) is 10.9. The Hall–Kier alpha value is -1.91. The van der Waals surface area contributed by atoms with E-state index in [0.717, 1.165) is 6.42 Å². The summed E-state index contributed by atoms with van der Waals surface area (Å²) in [5, 5.41) is 13.5. The van der Waals surface area contributed by atoms with Crippen LogP contribution < -0.4 is 5.32 Å². The standard InChI is InChI=1S/C13H18N2O3/c1-9(2)7-8-14-13(16)11-5-4-6-12(10(11)3)15(17)18/h4-6,9H,7-8H2,1-3H3,(H,14,16). The van der Waals surface area contributed by atoms with Crippen molar-refractivity contribution >= 4 is 11.6 Å². The van der Waals surface area contributed by atoms with Crippen LogP contribution in [-0.2, 0) is 0 Å². The molecule has 0 saturated carbocycles. The van der Waals surface area contributed by atoms with Crippen molar-refractivity contribution in [2.75, 3.05) is 6.54 Å². The van der Waals surface area contributed by atoms with E-state index in [1.165, 1.54) is 12.1 Å². The van der Waals surface area contributed by atoms with Gasteiger partial charge in [-0.05, 0) is 25.3 Å². The van der Waals surface area contributed by atoms with E-state index >= 15 is 0 Å². The van der Waals surface area contributed by atoms with Crippen LogP contribution in [0.1, 0.15) is 36.2 Å². The lowest BCUT2D eigenvalue weighted by Crippen LogP contribution is -2.26. The first-order valence-corrected chi connectivity index (χ1v) is 5.95. The quantitative estimate of drug-likeness (QED) is 0.645. The van der Waals surface area contributed by atoms with Gasteiger partial charge in [-0.2, -0.15) is 0 Å². The summed E-state index contributed by atoms with van der Waals surface area (Å²) >= 11 is 0.